The molecule has 0 aromatic carbocycles. The van der Waals surface area contributed by atoms with Gasteiger partial charge in [-0.1, -0.05) is 0 Å². The molecule has 6 nitrogen and oxygen atoms in total. The molecule has 0 aromatic heterocycles. The molecule has 1 heterocycles. The van der Waals surface area contributed by atoms with Gasteiger partial charge in [0.2, 0.25) is 0 Å². The fourth-order valence-corrected chi connectivity index (χ4v) is 5.33. The Kier molecular flexibility index (Phi) is 13.0. The number of hydrogen-bond donors (Lipinski definition) is 0. The molecule has 7 heteroatoms. The van der Waals surface area contributed by atoms with Gasteiger partial charge >= 0.3 is 8.80 Å². The van der Waals surface area contributed by atoms with Gasteiger partial charge in [0.05, 0.1) is 12.7 Å². The molecule has 0 aromatic rings. The average molecular weight is 365 g/mol. The Balaban J connectivity index is 2.01. The van der Waals surface area contributed by atoms with Gasteiger partial charge in [-0.3, -0.25) is 0 Å². The van der Waals surface area contributed by atoms with Crippen molar-refractivity contribution in [3.63, 3.8) is 0 Å². The molecular weight excluding hydrogens is 328 g/mol. The quantitative estimate of drug-likeness (QED) is 0.310. The molecule has 1 saturated heterocycles. The van der Waals surface area contributed by atoms with Gasteiger partial charge in [-0.15, -0.1) is 0 Å². The van der Waals surface area contributed by atoms with Gasteiger partial charge in [-0.05, 0) is 46.5 Å². The lowest BCUT2D eigenvalue weighted by atomic mass is 10.2. The van der Waals surface area contributed by atoms with E-state index in [4.69, 9.17) is 27.5 Å². The lowest BCUT2D eigenvalue weighted by Crippen LogP contribution is -2.46. The summed E-state index contributed by atoms with van der Waals surface area (Å²) in [5.41, 5.74) is 0. The fourth-order valence-electron chi connectivity index (χ4n) is 2.75. The van der Waals surface area contributed by atoms with E-state index in [2.05, 4.69) is 0 Å². The van der Waals surface area contributed by atoms with E-state index >= 15 is 0 Å². The molecule has 1 fully saturated rings. The standard InChI is InChI=1S/C17H36O6Si/c1-4-21-24(22-5-2,23-6-3)15-9-13-18-11-8-12-19-16-17-10-7-14-20-17/h17H,4-16H2,1-3H3. The lowest BCUT2D eigenvalue weighted by Gasteiger charge is -2.28. The summed E-state index contributed by atoms with van der Waals surface area (Å²) in [6.07, 6.45) is 4.40. The summed E-state index contributed by atoms with van der Waals surface area (Å²) < 4.78 is 34.3. The normalized spacial score (nSPS) is 18.4. The van der Waals surface area contributed by atoms with Gasteiger partial charge in [-0.25, -0.2) is 0 Å². The van der Waals surface area contributed by atoms with E-state index in [1.54, 1.807) is 0 Å². The van der Waals surface area contributed by atoms with E-state index in [-0.39, 0.29) is 0 Å². The zero-order valence-corrected chi connectivity index (χ0v) is 16.7. The lowest BCUT2D eigenvalue weighted by molar-refractivity contribution is 0.00896. The molecule has 1 atom stereocenters. The predicted molar refractivity (Wildman–Crippen MR) is 95.3 cm³/mol. The van der Waals surface area contributed by atoms with Crippen molar-refractivity contribution in [2.24, 2.45) is 0 Å². The van der Waals surface area contributed by atoms with Crippen LogP contribution in [0, 0.1) is 0 Å². The van der Waals surface area contributed by atoms with Gasteiger partial charge in [-0.2, -0.15) is 0 Å². The average Bonchev–Trinajstić information content (AvgIpc) is 3.07. The largest absolute Gasteiger partial charge is 0.501 e. The minimum atomic E-state index is -2.51. The van der Waals surface area contributed by atoms with Crippen LogP contribution in [0.1, 0.15) is 46.5 Å². The molecule has 144 valence electrons. The molecule has 0 amide bonds. The van der Waals surface area contributed by atoms with Crippen molar-refractivity contribution in [2.45, 2.75) is 58.6 Å². The van der Waals surface area contributed by atoms with E-state index in [1.165, 1.54) is 0 Å². The van der Waals surface area contributed by atoms with E-state index in [1.807, 2.05) is 20.8 Å². The molecule has 1 rings (SSSR count). The van der Waals surface area contributed by atoms with Crippen LogP contribution >= 0.6 is 0 Å². The highest BCUT2D eigenvalue weighted by Gasteiger charge is 2.39. The van der Waals surface area contributed by atoms with Gasteiger partial charge in [0.15, 0.2) is 0 Å². The first kappa shape index (κ1) is 22.0. The molecule has 0 radical (unpaired) electrons. The summed E-state index contributed by atoms with van der Waals surface area (Å²) >= 11 is 0. The molecule has 0 N–H and O–H groups in total. The maximum absolute atomic E-state index is 5.83. The highest BCUT2D eigenvalue weighted by Crippen LogP contribution is 2.18. The maximum Gasteiger partial charge on any atom is 0.501 e. The minimum absolute atomic E-state index is 0.305. The Bertz CT molecular complexity index is 269. The summed E-state index contributed by atoms with van der Waals surface area (Å²) in [6, 6.07) is 0.804. The molecule has 0 saturated carbocycles. The molecule has 1 unspecified atom stereocenters. The van der Waals surface area contributed by atoms with Gasteiger partial charge < -0.3 is 27.5 Å². The summed E-state index contributed by atoms with van der Waals surface area (Å²) in [5.74, 6) is 0. The monoisotopic (exact) mass is 364 g/mol. The number of rotatable bonds is 16. The minimum Gasteiger partial charge on any atom is -0.381 e. The van der Waals surface area contributed by atoms with Gasteiger partial charge in [0, 0.05) is 52.3 Å². The summed E-state index contributed by atoms with van der Waals surface area (Å²) in [7, 11) is -2.51. The first-order chi connectivity index (χ1) is 11.8. The van der Waals surface area contributed by atoms with E-state index < -0.39 is 8.80 Å². The molecule has 1 aliphatic rings. The zero-order valence-electron chi connectivity index (χ0n) is 15.7. The maximum atomic E-state index is 5.83. The van der Waals surface area contributed by atoms with Crippen LogP contribution in [0.4, 0.5) is 0 Å². The van der Waals surface area contributed by atoms with E-state index in [9.17, 15) is 0 Å². The number of ether oxygens (including phenoxy) is 3. The summed E-state index contributed by atoms with van der Waals surface area (Å²) in [6.45, 7) is 11.5. The second-order valence-electron chi connectivity index (χ2n) is 5.76. The van der Waals surface area contributed by atoms with Crippen LogP contribution in [0.2, 0.25) is 6.04 Å². The Morgan fingerprint density at radius 1 is 0.875 bits per heavy atom. The van der Waals surface area contributed by atoms with Gasteiger partial charge in [0.1, 0.15) is 0 Å². The molecule has 0 spiro atoms. The Morgan fingerprint density at radius 3 is 2.08 bits per heavy atom. The van der Waals surface area contributed by atoms with Crippen LogP contribution in [0.5, 0.6) is 0 Å². The third kappa shape index (κ3) is 9.46. The van der Waals surface area contributed by atoms with Crippen LogP contribution < -0.4 is 0 Å². The van der Waals surface area contributed by atoms with Crippen LogP contribution in [0.3, 0.4) is 0 Å². The Morgan fingerprint density at radius 2 is 1.50 bits per heavy atom. The van der Waals surface area contributed by atoms with Crippen LogP contribution in [0.15, 0.2) is 0 Å². The molecule has 24 heavy (non-hydrogen) atoms. The molecule has 0 bridgehead atoms. The molecule has 1 aliphatic heterocycles. The second kappa shape index (κ2) is 14.2. The van der Waals surface area contributed by atoms with E-state index in [0.29, 0.717) is 39.1 Å². The van der Waals surface area contributed by atoms with E-state index in [0.717, 1.165) is 51.5 Å². The van der Waals surface area contributed by atoms with Crippen molar-refractivity contribution in [1.29, 1.82) is 0 Å². The van der Waals surface area contributed by atoms with Crippen molar-refractivity contribution in [3.05, 3.63) is 0 Å². The first-order valence-corrected chi connectivity index (χ1v) is 11.4. The SMILES string of the molecule is CCO[Si](CCCOCCCOCC1CCCO1)(OCC)OCC. The van der Waals surface area contributed by atoms with Crippen LogP contribution in [-0.4, -0.2) is 67.8 Å². The topological polar surface area (TPSA) is 55.4 Å². The van der Waals surface area contributed by atoms with Crippen LogP contribution in [0.25, 0.3) is 0 Å². The van der Waals surface area contributed by atoms with Crippen molar-refractivity contribution in [1.82, 2.24) is 0 Å². The highest BCUT2D eigenvalue weighted by molar-refractivity contribution is 6.60. The second-order valence-corrected chi connectivity index (χ2v) is 8.49. The third-order valence-corrected chi connectivity index (χ3v) is 6.92. The van der Waals surface area contributed by atoms with Crippen molar-refractivity contribution >= 4 is 8.80 Å². The van der Waals surface area contributed by atoms with Crippen molar-refractivity contribution < 1.29 is 27.5 Å². The smallest absolute Gasteiger partial charge is 0.381 e. The van der Waals surface area contributed by atoms with Crippen molar-refractivity contribution in [2.75, 3.05) is 52.9 Å². The summed E-state index contributed by atoms with van der Waals surface area (Å²) in [5, 5.41) is 0. The third-order valence-electron chi connectivity index (χ3n) is 3.77. The zero-order chi connectivity index (χ0) is 17.5. The predicted octanol–water partition coefficient (Wildman–Crippen LogP) is 3.03. The highest BCUT2D eigenvalue weighted by atomic mass is 28.4. The van der Waals surface area contributed by atoms with Crippen LogP contribution in [-0.2, 0) is 27.5 Å². The number of hydrogen-bond acceptors (Lipinski definition) is 6. The van der Waals surface area contributed by atoms with Crippen molar-refractivity contribution in [3.8, 4) is 0 Å². The summed E-state index contributed by atoms with van der Waals surface area (Å²) in [4.78, 5) is 0. The van der Waals surface area contributed by atoms with Gasteiger partial charge in [0.25, 0.3) is 0 Å². The fraction of sp³-hybridized carbons (Fsp3) is 1.00. The Labute approximate surface area is 148 Å². The molecular formula is C17H36O6Si. The Hall–Kier alpha value is -0.0231. The molecule has 0 aliphatic carbocycles. The first-order valence-electron chi connectivity index (χ1n) is 9.45.